The van der Waals surface area contributed by atoms with Gasteiger partial charge in [0.15, 0.2) is 0 Å². The van der Waals surface area contributed by atoms with Gasteiger partial charge < -0.3 is 4.74 Å². The van der Waals surface area contributed by atoms with Crippen molar-refractivity contribution in [2.24, 2.45) is 23.7 Å². The molecule has 0 heterocycles. The van der Waals surface area contributed by atoms with Gasteiger partial charge in [0, 0.05) is 5.92 Å². The summed E-state index contributed by atoms with van der Waals surface area (Å²) in [5.41, 5.74) is 0. The second-order valence-corrected chi connectivity index (χ2v) is 5.77. The van der Waals surface area contributed by atoms with E-state index in [1.54, 1.807) is 0 Å². The van der Waals surface area contributed by atoms with E-state index in [1.165, 1.54) is 19.3 Å². The summed E-state index contributed by atoms with van der Waals surface area (Å²) in [6, 6.07) is 10.3. The number of benzene rings is 1. The van der Waals surface area contributed by atoms with E-state index < -0.39 is 0 Å². The van der Waals surface area contributed by atoms with Gasteiger partial charge in [-0.2, -0.15) is 0 Å². The fraction of sp³-hybridized carbons (Fsp3) is 0.500. The van der Waals surface area contributed by atoms with E-state index >= 15 is 0 Å². The normalized spacial score (nSPS) is 41.8. The van der Waals surface area contributed by atoms with Gasteiger partial charge in [-0.05, 0) is 49.1 Å². The van der Waals surface area contributed by atoms with Crippen molar-refractivity contribution in [1.29, 1.82) is 0 Å². The van der Waals surface area contributed by atoms with E-state index in [1.807, 2.05) is 6.07 Å². The van der Waals surface area contributed by atoms with Crippen LogP contribution in [-0.4, -0.2) is 6.10 Å². The Hall–Kier alpha value is -1.24. The average molecular weight is 226 g/mol. The molecular weight excluding hydrogens is 208 g/mol. The summed E-state index contributed by atoms with van der Waals surface area (Å²) in [4.78, 5) is 0. The minimum atomic E-state index is 0.464. The Labute approximate surface area is 102 Å². The second kappa shape index (κ2) is 3.63. The molecular formula is C16H18O. The molecule has 0 aliphatic heterocycles. The smallest absolute Gasteiger partial charge is 0.119 e. The molecule has 4 rings (SSSR count). The van der Waals surface area contributed by atoms with Crippen LogP contribution < -0.4 is 4.74 Å². The molecule has 0 aromatic heterocycles. The highest BCUT2D eigenvalue weighted by atomic mass is 16.5. The molecule has 0 radical (unpaired) electrons. The van der Waals surface area contributed by atoms with Crippen molar-refractivity contribution < 1.29 is 4.74 Å². The van der Waals surface area contributed by atoms with Crippen LogP contribution >= 0.6 is 0 Å². The number of ether oxygens (including phenoxy) is 1. The Morgan fingerprint density at radius 2 is 1.88 bits per heavy atom. The zero-order valence-corrected chi connectivity index (χ0v) is 9.96. The van der Waals surface area contributed by atoms with Crippen molar-refractivity contribution in [3.05, 3.63) is 42.5 Å². The van der Waals surface area contributed by atoms with Crippen molar-refractivity contribution in [2.45, 2.75) is 25.4 Å². The van der Waals surface area contributed by atoms with Gasteiger partial charge in [-0.25, -0.2) is 0 Å². The van der Waals surface area contributed by atoms with E-state index in [0.717, 1.165) is 29.4 Å². The Kier molecular flexibility index (Phi) is 2.08. The van der Waals surface area contributed by atoms with Crippen molar-refractivity contribution in [1.82, 2.24) is 0 Å². The fourth-order valence-electron chi connectivity index (χ4n) is 4.29. The lowest BCUT2D eigenvalue weighted by Crippen LogP contribution is -2.32. The van der Waals surface area contributed by atoms with Crippen LogP contribution in [0.15, 0.2) is 42.5 Å². The van der Waals surface area contributed by atoms with Gasteiger partial charge in [-0.3, -0.25) is 0 Å². The van der Waals surface area contributed by atoms with Gasteiger partial charge in [0.2, 0.25) is 0 Å². The maximum Gasteiger partial charge on any atom is 0.119 e. The maximum absolute atomic E-state index is 6.18. The zero-order chi connectivity index (χ0) is 11.2. The summed E-state index contributed by atoms with van der Waals surface area (Å²) >= 11 is 0. The van der Waals surface area contributed by atoms with E-state index in [0.29, 0.717) is 6.10 Å². The van der Waals surface area contributed by atoms with E-state index in [4.69, 9.17) is 4.74 Å². The summed E-state index contributed by atoms with van der Waals surface area (Å²) in [5.74, 6) is 4.53. The molecule has 0 spiro atoms. The van der Waals surface area contributed by atoms with E-state index in [2.05, 4.69) is 36.4 Å². The molecule has 2 saturated carbocycles. The Morgan fingerprint density at radius 3 is 2.76 bits per heavy atom. The third-order valence-corrected chi connectivity index (χ3v) is 4.98. The monoisotopic (exact) mass is 226 g/mol. The molecule has 0 saturated heterocycles. The summed E-state index contributed by atoms with van der Waals surface area (Å²) in [6.07, 6.45) is 9.31. The van der Waals surface area contributed by atoms with Crippen molar-refractivity contribution in [3.8, 4) is 5.75 Å². The van der Waals surface area contributed by atoms with Crippen molar-refractivity contribution in [3.63, 3.8) is 0 Å². The van der Waals surface area contributed by atoms with Crippen LogP contribution in [0.1, 0.15) is 19.3 Å². The van der Waals surface area contributed by atoms with Gasteiger partial charge in [-0.1, -0.05) is 30.4 Å². The molecule has 2 fully saturated rings. The van der Waals surface area contributed by atoms with Crippen LogP contribution in [0.25, 0.3) is 0 Å². The summed E-state index contributed by atoms with van der Waals surface area (Å²) in [6.45, 7) is 0. The Bertz CT molecular complexity index is 436. The number of hydrogen-bond acceptors (Lipinski definition) is 1. The first kappa shape index (κ1) is 9.76. The molecule has 1 aromatic carbocycles. The van der Waals surface area contributed by atoms with Gasteiger partial charge in [0.1, 0.15) is 11.9 Å². The quantitative estimate of drug-likeness (QED) is 0.699. The van der Waals surface area contributed by atoms with Gasteiger partial charge in [0.25, 0.3) is 0 Å². The fourth-order valence-corrected chi connectivity index (χ4v) is 4.29. The minimum Gasteiger partial charge on any atom is -0.490 e. The third-order valence-electron chi connectivity index (χ3n) is 4.98. The molecule has 1 nitrogen and oxygen atoms in total. The molecule has 0 N–H and O–H groups in total. The van der Waals surface area contributed by atoms with E-state index in [9.17, 15) is 0 Å². The molecule has 0 amide bonds. The van der Waals surface area contributed by atoms with Gasteiger partial charge >= 0.3 is 0 Å². The predicted octanol–water partition coefficient (Wildman–Crippen LogP) is 3.67. The van der Waals surface area contributed by atoms with Crippen LogP contribution in [0, 0.1) is 23.7 Å². The highest BCUT2D eigenvalue weighted by Gasteiger charge is 2.53. The van der Waals surface area contributed by atoms with Crippen LogP contribution in [0.4, 0.5) is 0 Å². The van der Waals surface area contributed by atoms with Crippen LogP contribution in [0.5, 0.6) is 5.75 Å². The minimum absolute atomic E-state index is 0.464. The van der Waals surface area contributed by atoms with Crippen LogP contribution in [0.2, 0.25) is 0 Å². The number of hydrogen-bond donors (Lipinski definition) is 0. The largest absolute Gasteiger partial charge is 0.490 e. The summed E-state index contributed by atoms with van der Waals surface area (Å²) in [7, 11) is 0. The summed E-state index contributed by atoms with van der Waals surface area (Å²) < 4.78 is 6.18. The third kappa shape index (κ3) is 1.45. The number of rotatable bonds is 2. The predicted molar refractivity (Wildman–Crippen MR) is 67.8 cm³/mol. The lowest BCUT2D eigenvalue weighted by Gasteiger charge is -2.31. The molecule has 17 heavy (non-hydrogen) atoms. The maximum atomic E-state index is 6.18. The first-order valence-corrected chi connectivity index (χ1v) is 6.80. The zero-order valence-electron chi connectivity index (χ0n) is 9.96. The van der Waals surface area contributed by atoms with Gasteiger partial charge in [0.05, 0.1) is 0 Å². The van der Waals surface area contributed by atoms with E-state index in [-0.39, 0.29) is 0 Å². The molecule has 3 aliphatic carbocycles. The molecule has 2 bridgehead atoms. The SMILES string of the molecule is C1=C[C@@H]2[C@@H](C1)[C@@H]1C[C@@H]2[C@H](Oc2ccccc2)C1. The second-order valence-electron chi connectivity index (χ2n) is 5.77. The number of para-hydroxylation sites is 1. The molecule has 0 unspecified atom stereocenters. The average Bonchev–Trinajstić information content (AvgIpc) is 3.01. The molecule has 3 aliphatic rings. The first-order valence-electron chi connectivity index (χ1n) is 6.80. The Balaban J connectivity index is 1.53. The lowest BCUT2D eigenvalue weighted by atomic mass is 9.80. The van der Waals surface area contributed by atoms with Crippen molar-refractivity contribution >= 4 is 0 Å². The first-order chi connectivity index (χ1) is 8.42. The summed E-state index contributed by atoms with van der Waals surface area (Å²) in [5, 5.41) is 0. The highest BCUT2D eigenvalue weighted by molar-refractivity contribution is 5.23. The molecule has 5 atom stereocenters. The molecule has 1 heteroatoms. The van der Waals surface area contributed by atoms with Gasteiger partial charge in [-0.15, -0.1) is 0 Å². The number of allylic oxidation sites excluding steroid dienone is 2. The van der Waals surface area contributed by atoms with Crippen molar-refractivity contribution in [2.75, 3.05) is 0 Å². The topological polar surface area (TPSA) is 9.23 Å². The number of fused-ring (bicyclic) bond motifs is 5. The molecule has 1 aromatic rings. The lowest BCUT2D eigenvalue weighted by molar-refractivity contribution is 0.0955. The Morgan fingerprint density at radius 1 is 1.00 bits per heavy atom. The highest BCUT2D eigenvalue weighted by Crippen LogP contribution is 2.57. The van der Waals surface area contributed by atoms with Crippen LogP contribution in [-0.2, 0) is 0 Å². The standard InChI is InChI=1S/C16H18O/c1-2-5-12(6-3-1)17-16-10-11-9-15(16)14-8-4-7-13(11)14/h1-6,8,11,13-16H,7,9-10H2/t11-,13+,14-,15+,16-/m1/s1. The molecule has 88 valence electrons. The van der Waals surface area contributed by atoms with Crippen LogP contribution in [0.3, 0.4) is 0 Å².